The molecular formula is C33H29ClN2O. The fourth-order valence-corrected chi connectivity index (χ4v) is 6.03. The van der Waals surface area contributed by atoms with E-state index in [4.69, 9.17) is 16.6 Å². The number of carbonyl (C=O) groups excluding carboxylic acids is 1. The van der Waals surface area contributed by atoms with Crippen molar-refractivity contribution in [3.8, 4) is 0 Å². The number of nitrogens with zero attached hydrogens (tertiary/aromatic N) is 2. The van der Waals surface area contributed by atoms with Gasteiger partial charge in [-0.25, -0.2) is 0 Å². The van der Waals surface area contributed by atoms with E-state index in [1.807, 2.05) is 59.6 Å². The standard InChI is InChI=1S/C33H29ClN2O/c34-28-15-16-29-27(22-28)14-13-26-12-7-19-35-32(26)31(29)25-17-20-36(21-18-25)33(37)30(23-8-3-1-4-9-23)24-10-5-2-6-11-24/h1-12,15-16,19,22,30H,13-14,17-18,20-21H2. The van der Waals surface area contributed by atoms with Gasteiger partial charge in [-0.3, -0.25) is 9.78 Å². The Morgan fingerprint density at radius 2 is 1.41 bits per heavy atom. The fraction of sp³-hybridized carbons (Fsp3) is 0.212. The largest absolute Gasteiger partial charge is 0.341 e. The second-order valence-electron chi connectivity index (χ2n) is 9.87. The normalized spacial score (nSPS) is 15.2. The zero-order valence-electron chi connectivity index (χ0n) is 20.7. The van der Waals surface area contributed by atoms with Gasteiger partial charge < -0.3 is 4.90 Å². The summed E-state index contributed by atoms with van der Waals surface area (Å²) >= 11 is 6.38. The molecule has 1 fully saturated rings. The molecule has 0 spiro atoms. The molecule has 0 unspecified atom stereocenters. The van der Waals surface area contributed by atoms with Gasteiger partial charge >= 0.3 is 0 Å². The first kappa shape index (κ1) is 23.7. The van der Waals surface area contributed by atoms with Crippen molar-refractivity contribution in [2.24, 2.45) is 0 Å². The van der Waals surface area contributed by atoms with Crippen LogP contribution in [0.1, 0.15) is 52.3 Å². The molecule has 6 rings (SSSR count). The summed E-state index contributed by atoms with van der Waals surface area (Å²) in [4.78, 5) is 20.9. The number of pyridine rings is 1. The molecule has 0 atom stereocenters. The highest BCUT2D eigenvalue weighted by atomic mass is 35.5. The van der Waals surface area contributed by atoms with Gasteiger partial charge in [-0.1, -0.05) is 90.0 Å². The van der Waals surface area contributed by atoms with Gasteiger partial charge in [0.05, 0.1) is 11.6 Å². The van der Waals surface area contributed by atoms with Crippen LogP contribution in [0.25, 0.3) is 5.57 Å². The zero-order valence-corrected chi connectivity index (χ0v) is 21.5. The van der Waals surface area contributed by atoms with E-state index < -0.39 is 0 Å². The van der Waals surface area contributed by atoms with Gasteiger partial charge in [-0.15, -0.1) is 0 Å². The Hall–Kier alpha value is -3.69. The molecule has 184 valence electrons. The molecule has 3 nitrogen and oxygen atoms in total. The second kappa shape index (κ2) is 10.4. The number of fused-ring (bicyclic) bond motifs is 2. The van der Waals surface area contributed by atoms with Crippen molar-refractivity contribution in [2.45, 2.75) is 31.6 Å². The summed E-state index contributed by atoms with van der Waals surface area (Å²) in [5, 5.41) is 0.773. The number of carbonyl (C=O) groups is 1. The summed E-state index contributed by atoms with van der Waals surface area (Å²) in [6.07, 6.45) is 5.48. The van der Waals surface area contributed by atoms with E-state index >= 15 is 0 Å². The molecule has 1 amide bonds. The highest BCUT2D eigenvalue weighted by molar-refractivity contribution is 6.30. The van der Waals surface area contributed by atoms with Crippen LogP contribution in [-0.4, -0.2) is 28.9 Å². The Morgan fingerprint density at radius 1 is 0.757 bits per heavy atom. The molecule has 0 N–H and O–H groups in total. The molecule has 2 aliphatic rings. The second-order valence-corrected chi connectivity index (χ2v) is 10.3. The number of hydrogen-bond acceptors (Lipinski definition) is 2. The average Bonchev–Trinajstić information content (AvgIpc) is 3.11. The molecule has 4 heteroatoms. The lowest BCUT2D eigenvalue weighted by molar-refractivity contribution is -0.132. The van der Waals surface area contributed by atoms with Gasteiger partial charge in [0.2, 0.25) is 5.91 Å². The van der Waals surface area contributed by atoms with Crippen molar-refractivity contribution in [2.75, 3.05) is 13.1 Å². The molecule has 2 heterocycles. The van der Waals surface area contributed by atoms with Crippen molar-refractivity contribution in [1.29, 1.82) is 0 Å². The van der Waals surface area contributed by atoms with Crippen LogP contribution in [0.15, 0.2) is 103 Å². The summed E-state index contributed by atoms with van der Waals surface area (Å²) in [5.74, 6) is -0.118. The zero-order chi connectivity index (χ0) is 25.2. The summed E-state index contributed by atoms with van der Waals surface area (Å²) in [7, 11) is 0. The van der Waals surface area contributed by atoms with E-state index in [2.05, 4.69) is 42.5 Å². The SMILES string of the molecule is O=C(C(c1ccccc1)c1ccccc1)N1CCC(=C2c3ccc(Cl)cc3CCc3cccnc32)CC1. The van der Waals surface area contributed by atoms with E-state index in [-0.39, 0.29) is 11.8 Å². The number of hydrogen-bond donors (Lipinski definition) is 0. The minimum absolute atomic E-state index is 0.174. The van der Waals surface area contributed by atoms with Crippen LogP contribution in [0.3, 0.4) is 0 Å². The van der Waals surface area contributed by atoms with E-state index in [0.29, 0.717) is 13.1 Å². The maximum Gasteiger partial charge on any atom is 0.234 e. The summed E-state index contributed by atoms with van der Waals surface area (Å²) in [6.45, 7) is 1.41. The van der Waals surface area contributed by atoms with Gasteiger partial charge in [-0.05, 0) is 71.7 Å². The minimum Gasteiger partial charge on any atom is -0.341 e. The van der Waals surface area contributed by atoms with Gasteiger partial charge in [0.25, 0.3) is 0 Å². The van der Waals surface area contributed by atoms with E-state index in [0.717, 1.165) is 47.5 Å². The van der Waals surface area contributed by atoms with E-state index in [1.165, 1.54) is 27.8 Å². The third kappa shape index (κ3) is 4.72. The first-order valence-electron chi connectivity index (χ1n) is 13.0. The van der Waals surface area contributed by atoms with Crippen molar-refractivity contribution < 1.29 is 4.79 Å². The lowest BCUT2D eigenvalue weighted by atomic mass is 9.87. The van der Waals surface area contributed by atoms with E-state index in [9.17, 15) is 4.79 Å². The number of amides is 1. The minimum atomic E-state index is -0.292. The number of halogens is 1. The highest BCUT2D eigenvalue weighted by Gasteiger charge is 2.31. The van der Waals surface area contributed by atoms with Gasteiger partial charge in [0.15, 0.2) is 0 Å². The number of rotatable bonds is 3. The first-order chi connectivity index (χ1) is 18.2. The van der Waals surface area contributed by atoms with Crippen LogP contribution >= 0.6 is 11.6 Å². The Labute approximate surface area is 223 Å². The molecule has 1 aromatic heterocycles. The van der Waals surface area contributed by atoms with Crippen molar-refractivity contribution in [3.63, 3.8) is 0 Å². The summed E-state index contributed by atoms with van der Waals surface area (Å²) < 4.78 is 0. The lowest BCUT2D eigenvalue weighted by Gasteiger charge is -2.33. The van der Waals surface area contributed by atoms with Crippen LogP contribution < -0.4 is 0 Å². The highest BCUT2D eigenvalue weighted by Crippen LogP contribution is 2.39. The Kier molecular flexibility index (Phi) is 6.63. The van der Waals surface area contributed by atoms with Crippen LogP contribution in [0.5, 0.6) is 0 Å². The van der Waals surface area contributed by atoms with Crippen LogP contribution in [0, 0.1) is 0 Å². The summed E-state index contributed by atoms with van der Waals surface area (Å²) in [6, 6.07) is 30.7. The molecule has 0 bridgehead atoms. The predicted molar refractivity (Wildman–Crippen MR) is 150 cm³/mol. The number of aryl methyl sites for hydroxylation is 2. The van der Waals surface area contributed by atoms with Crippen molar-refractivity contribution >= 4 is 23.1 Å². The van der Waals surface area contributed by atoms with Crippen LogP contribution in [0.2, 0.25) is 5.02 Å². The maximum absolute atomic E-state index is 14.0. The monoisotopic (exact) mass is 504 g/mol. The third-order valence-corrected chi connectivity index (χ3v) is 7.91. The van der Waals surface area contributed by atoms with Crippen molar-refractivity contribution in [3.05, 3.63) is 141 Å². The number of aromatic nitrogens is 1. The summed E-state index contributed by atoms with van der Waals surface area (Å²) in [5.41, 5.74) is 9.59. The number of likely N-dealkylation sites (tertiary alicyclic amines) is 1. The molecule has 4 aromatic rings. The molecule has 37 heavy (non-hydrogen) atoms. The number of benzene rings is 3. The molecular weight excluding hydrogens is 476 g/mol. The molecule has 3 aromatic carbocycles. The van der Waals surface area contributed by atoms with Crippen LogP contribution in [0.4, 0.5) is 0 Å². The first-order valence-corrected chi connectivity index (χ1v) is 13.4. The van der Waals surface area contributed by atoms with Crippen molar-refractivity contribution in [1.82, 2.24) is 9.88 Å². The van der Waals surface area contributed by atoms with Gasteiger partial charge in [0, 0.05) is 29.9 Å². The quantitative estimate of drug-likeness (QED) is 0.298. The molecule has 1 saturated heterocycles. The Bertz CT molecular complexity index is 1410. The number of piperidine rings is 1. The third-order valence-electron chi connectivity index (χ3n) is 7.67. The van der Waals surface area contributed by atoms with E-state index in [1.54, 1.807) is 0 Å². The Morgan fingerprint density at radius 3 is 2.08 bits per heavy atom. The smallest absolute Gasteiger partial charge is 0.234 e. The molecule has 0 radical (unpaired) electrons. The Balaban J connectivity index is 1.33. The van der Waals surface area contributed by atoms with Crippen LogP contribution in [-0.2, 0) is 17.6 Å². The maximum atomic E-state index is 14.0. The fourth-order valence-electron chi connectivity index (χ4n) is 5.83. The topological polar surface area (TPSA) is 33.2 Å². The molecule has 0 saturated carbocycles. The molecule has 1 aliphatic heterocycles. The average molecular weight is 505 g/mol. The lowest BCUT2D eigenvalue weighted by Crippen LogP contribution is -2.40. The van der Waals surface area contributed by atoms with Gasteiger partial charge in [-0.2, -0.15) is 0 Å². The van der Waals surface area contributed by atoms with Gasteiger partial charge in [0.1, 0.15) is 0 Å². The predicted octanol–water partition coefficient (Wildman–Crippen LogP) is 7.09. The molecule has 1 aliphatic carbocycles.